The largest absolute Gasteiger partial charge is 0.369 e. The first-order valence-electron chi connectivity index (χ1n) is 9.92. The Hall–Kier alpha value is -2.55. The molecule has 0 unspecified atom stereocenters. The highest BCUT2D eigenvalue weighted by Crippen LogP contribution is 2.31. The Morgan fingerprint density at radius 1 is 1.12 bits per heavy atom. The first-order valence-corrected chi connectivity index (χ1v) is 12.1. The molecule has 1 fully saturated rings. The minimum Gasteiger partial charge on any atom is -0.369 e. The Bertz CT molecular complexity index is 1130. The maximum atomic E-state index is 13.5. The quantitative estimate of drug-likeness (QED) is 0.591. The second-order valence-electron chi connectivity index (χ2n) is 7.42. The molecule has 170 valence electrons. The minimum absolute atomic E-state index is 0.000893. The van der Waals surface area contributed by atoms with E-state index in [0.29, 0.717) is 36.6 Å². The fraction of sp³-hybridized carbons (Fsp3) is 0.273. The predicted octanol–water partition coefficient (Wildman–Crippen LogP) is 3.71. The summed E-state index contributed by atoms with van der Waals surface area (Å²) in [4.78, 5) is 25.8. The van der Waals surface area contributed by atoms with Crippen LogP contribution in [0.2, 0.25) is 10.0 Å². The van der Waals surface area contributed by atoms with Gasteiger partial charge in [0.15, 0.2) is 0 Å². The van der Waals surface area contributed by atoms with Crippen molar-refractivity contribution in [3.8, 4) is 0 Å². The fourth-order valence-electron chi connectivity index (χ4n) is 3.57. The van der Waals surface area contributed by atoms with E-state index in [1.807, 2.05) is 0 Å². The number of nitrogens with two attached hydrogens (primary N) is 1. The Morgan fingerprint density at radius 3 is 2.31 bits per heavy atom. The van der Waals surface area contributed by atoms with Crippen LogP contribution >= 0.6 is 23.2 Å². The van der Waals surface area contributed by atoms with Crippen LogP contribution in [0.3, 0.4) is 0 Å². The Labute approximate surface area is 197 Å². The van der Waals surface area contributed by atoms with Gasteiger partial charge in [-0.25, -0.2) is 8.42 Å². The van der Waals surface area contributed by atoms with Crippen molar-refractivity contribution >= 4 is 50.7 Å². The average molecular weight is 496 g/mol. The van der Waals surface area contributed by atoms with Gasteiger partial charge in [-0.2, -0.15) is 0 Å². The SMILES string of the molecule is C=CCN(c1ccc(Cl)cc1)S(=O)(=O)c1cc(C(=O)N2CCC(C(N)=O)CC2)ccc1Cl. The first kappa shape index (κ1) is 24.1. The number of nitrogens with zero attached hydrogens (tertiary/aromatic N) is 2. The number of sulfonamides is 1. The molecule has 0 aromatic heterocycles. The van der Waals surface area contributed by atoms with Gasteiger partial charge in [0.25, 0.3) is 15.9 Å². The number of hydrogen-bond donors (Lipinski definition) is 1. The third kappa shape index (κ3) is 5.09. The molecule has 1 heterocycles. The van der Waals surface area contributed by atoms with Gasteiger partial charge in [-0.3, -0.25) is 13.9 Å². The highest BCUT2D eigenvalue weighted by Gasteiger charge is 2.30. The van der Waals surface area contributed by atoms with Crippen LogP contribution in [-0.2, 0) is 14.8 Å². The summed E-state index contributed by atoms with van der Waals surface area (Å²) in [5, 5.41) is 0.465. The number of amides is 2. The molecule has 0 saturated carbocycles. The molecule has 0 radical (unpaired) electrons. The lowest BCUT2D eigenvalue weighted by Gasteiger charge is -2.31. The monoisotopic (exact) mass is 495 g/mol. The second-order valence-corrected chi connectivity index (χ2v) is 10.1. The van der Waals surface area contributed by atoms with Crippen molar-refractivity contribution in [2.45, 2.75) is 17.7 Å². The molecule has 1 aliphatic rings. The molecule has 2 N–H and O–H groups in total. The number of carbonyl (C=O) groups is 2. The van der Waals surface area contributed by atoms with E-state index in [4.69, 9.17) is 28.9 Å². The highest BCUT2D eigenvalue weighted by atomic mass is 35.5. The number of hydrogen-bond acceptors (Lipinski definition) is 4. The molecule has 3 rings (SSSR count). The van der Waals surface area contributed by atoms with Crippen molar-refractivity contribution in [2.75, 3.05) is 23.9 Å². The lowest BCUT2D eigenvalue weighted by Crippen LogP contribution is -2.41. The predicted molar refractivity (Wildman–Crippen MR) is 125 cm³/mol. The van der Waals surface area contributed by atoms with Crippen LogP contribution in [0.25, 0.3) is 0 Å². The van der Waals surface area contributed by atoms with Gasteiger partial charge in [0, 0.05) is 29.6 Å². The molecule has 0 atom stereocenters. The van der Waals surface area contributed by atoms with E-state index < -0.39 is 10.0 Å². The lowest BCUT2D eigenvalue weighted by atomic mass is 9.96. The van der Waals surface area contributed by atoms with Crippen molar-refractivity contribution in [3.05, 3.63) is 70.7 Å². The van der Waals surface area contributed by atoms with E-state index in [2.05, 4.69) is 6.58 Å². The van der Waals surface area contributed by atoms with E-state index in [1.54, 1.807) is 29.2 Å². The zero-order valence-corrected chi connectivity index (χ0v) is 19.5. The van der Waals surface area contributed by atoms with Crippen LogP contribution < -0.4 is 10.0 Å². The summed E-state index contributed by atoms with van der Waals surface area (Å²) in [6.45, 7) is 4.37. The average Bonchev–Trinajstić information content (AvgIpc) is 2.78. The van der Waals surface area contributed by atoms with Crippen LogP contribution in [0, 0.1) is 5.92 Å². The maximum absolute atomic E-state index is 13.5. The molecular formula is C22H23Cl2N3O4S. The molecule has 10 heteroatoms. The van der Waals surface area contributed by atoms with Gasteiger partial charge in [0.05, 0.1) is 17.3 Å². The molecule has 0 aliphatic carbocycles. The Kier molecular flexibility index (Phi) is 7.48. The van der Waals surface area contributed by atoms with Gasteiger partial charge in [0.2, 0.25) is 5.91 Å². The Balaban J connectivity index is 1.93. The number of piperidine rings is 1. The van der Waals surface area contributed by atoms with E-state index >= 15 is 0 Å². The van der Waals surface area contributed by atoms with E-state index in [1.165, 1.54) is 24.3 Å². The van der Waals surface area contributed by atoms with Crippen molar-refractivity contribution in [1.29, 1.82) is 0 Å². The Morgan fingerprint density at radius 2 is 1.75 bits per heavy atom. The molecule has 2 aromatic carbocycles. The molecular weight excluding hydrogens is 473 g/mol. The number of rotatable bonds is 7. The smallest absolute Gasteiger partial charge is 0.266 e. The summed E-state index contributed by atoms with van der Waals surface area (Å²) in [5.41, 5.74) is 5.93. The van der Waals surface area contributed by atoms with Crippen molar-refractivity contribution < 1.29 is 18.0 Å². The second kappa shape index (κ2) is 9.94. The van der Waals surface area contributed by atoms with E-state index in [-0.39, 0.29) is 39.8 Å². The van der Waals surface area contributed by atoms with Crippen LogP contribution in [0.15, 0.2) is 60.0 Å². The number of carbonyl (C=O) groups excluding carboxylic acids is 2. The number of likely N-dealkylation sites (tertiary alicyclic amines) is 1. The molecule has 2 aromatic rings. The minimum atomic E-state index is -4.11. The number of primary amides is 1. The standard InChI is InChI=1S/C22H23Cl2N3O4S/c1-2-11-27(18-6-4-17(23)5-7-18)32(30,31)20-14-16(3-8-19(20)24)22(29)26-12-9-15(10-13-26)21(25)28/h2-8,14-15H,1,9-13H2,(H2,25,28). The maximum Gasteiger partial charge on any atom is 0.266 e. The summed E-state index contributed by atoms with van der Waals surface area (Å²) >= 11 is 12.2. The van der Waals surface area contributed by atoms with E-state index in [0.717, 1.165) is 4.31 Å². The summed E-state index contributed by atoms with van der Waals surface area (Å²) in [6, 6.07) is 10.5. The summed E-state index contributed by atoms with van der Waals surface area (Å²) in [7, 11) is -4.11. The van der Waals surface area contributed by atoms with E-state index in [9.17, 15) is 18.0 Å². The molecule has 1 saturated heterocycles. The molecule has 7 nitrogen and oxygen atoms in total. The van der Waals surface area contributed by atoms with Crippen molar-refractivity contribution in [1.82, 2.24) is 4.90 Å². The van der Waals surface area contributed by atoms with Gasteiger partial charge < -0.3 is 10.6 Å². The zero-order chi connectivity index (χ0) is 23.5. The number of anilines is 1. The van der Waals surface area contributed by atoms with Crippen LogP contribution in [0.5, 0.6) is 0 Å². The summed E-state index contributed by atoms with van der Waals surface area (Å²) in [5.74, 6) is -0.962. The number of halogens is 2. The first-order chi connectivity index (χ1) is 15.1. The van der Waals surface area contributed by atoms with Crippen LogP contribution in [-0.4, -0.2) is 44.8 Å². The molecule has 1 aliphatic heterocycles. The summed E-state index contributed by atoms with van der Waals surface area (Å²) in [6.07, 6.45) is 2.41. The molecule has 2 amide bonds. The van der Waals surface area contributed by atoms with Crippen LogP contribution in [0.4, 0.5) is 5.69 Å². The van der Waals surface area contributed by atoms with Gasteiger partial charge in [-0.1, -0.05) is 29.3 Å². The zero-order valence-electron chi connectivity index (χ0n) is 17.2. The lowest BCUT2D eigenvalue weighted by molar-refractivity contribution is -0.123. The van der Waals surface area contributed by atoms with Gasteiger partial charge in [-0.05, 0) is 55.3 Å². The molecule has 0 spiro atoms. The van der Waals surface area contributed by atoms with Crippen LogP contribution in [0.1, 0.15) is 23.2 Å². The normalized spacial score (nSPS) is 14.8. The van der Waals surface area contributed by atoms with Gasteiger partial charge in [0.1, 0.15) is 4.90 Å². The van der Waals surface area contributed by atoms with Crippen molar-refractivity contribution in [3.63, 3.8) is 0 Å². The number of benzene rings is 2. The summed E-state index contributed by atoms with van der Waals surface area (Å²) < 4.78 is 28.1. The third-order valence-corrected chi connectivity index (χ3v) is 7.87. The highest BCUT2D eigenvalue weighted by molar-refractivity contribution is 7.93. The topological polar surface area (TPSA) is 101 Å². The molecule has 32 heavy (non-hydrogen) atoms. The van der Waals surface area contributed by atoms with Crippen molar-refractivity contribution in [2.24, 2.45) is 11.7 Å². The van der Waals surface area contributed by atoms with Gasteiger partial charge >= 0.3 is 0 Å². The van der Waals surface area contributed by atoms with Gasteiger partial charge in [-0.15, -0.1) is 6.58 Å². The molecule has 0 bridgehead atoms. The third-order valence-electron chi connectivity index (χ3n) is 5.34. The fourth-order valence-corrected chi connectivity index (χ4v) is 5.63.